The third-order valence-corrected chi connectivity index (χ3v) is 3.73. The van der Waals surface area contributed by atoms with Gasteiger partial charge in [-0.3, -0.25) is 9.59 Å². The van der Waals surface area contributed by atoms with Crippen LogP contribution >= 0.6 is 0 Å². The summed E-state index contributed by atoms with van der Waals surface area (Å²) in [5.41, 5.74) is 0. The van der Waals surface area contributed by atoms with Crippen LogP contribution in [-0.2, 0) is 9.59 Å². The molecule has 17 heavy (non-hydrogen) atoms. The molecule has 2 fully saturated rings. The summed E-state index contributed by atoms with van der Waals surface area (Å²) in [5.74, 6) is -0.951. The zero-order chi connectivity index (χ0) is 12.3. The van der Waals surface area contributed by atoms with E-state index in [2.05, 4.69) is 5.32 Å². The monoisotopic (exact) mass is 240 g/mol. The van der Waals surface area contributed by atoms with Gasteiger partial charge in [0.25, 0.3) is 0 Å². The Bertz CT molecular complexity index is 300. The van der Waals surface area contributed by atoms with Gasteiger partial charge in [-0.1, -0.05) is 0 Å². The fraction of sp³-hybridized carbons (Fsp3) is 0.833. The van der Waals surface area contributed by atoms with Gasteiger partial charge in [0, 0.05) is 19.6 Å². The number of hydrogen-bond acceptors (Lipinski definition) is 3. The first-order valence-electron chi connectivity index (χ1n) is 6.41. The molecule has 1 unspecified atom stereocenters. The molecule has 5 heteroatoms. The summed E-state index contributed by atoms with van der Waals surface area (Å²) < 4.78 is 0. The van der Waals surface area contributed by atoms with Crippen molar-refractivity contribution in [2.24, 2.45) is 11.8 Å². The molecule has 2 heterocycles. The lowest BCUT2D eigenvalue weighted by Crippen LogP contribution is -2.48. The van der Waals surface area contributed by atoms with E-state index in [-0.39, 0.29) is 17.7 Å². The molecule has 0 aromatic heterocycles. The lowest BCUT2D eigenvalue weighted by Gasteiger charge is -2.34. The number of likely N-dealkylation sites (tertiary alicyclic amines) is 1. The van der Waals surface area contributed by atoms with Crippen molar-refractivity contribution < 1.29 is 14.7 Å². The number of nitrogens with zero attached hydrogens (tertiary/aromatic N) is 1. The van der Waals surface area contributed by atoms with Crippen LogP contribution in [0.1, 0.15) is 25.7 Å². The van der Waals surface area contributed by atoms with Gasteiger partial charge in [0.1, 0.15) is 0 Å². The van der Waals surface area contributed by atoms with E-state index in [0.717, 1.165) is 38.9 Å². The number of piperidine rings is 2. The van der Waals surface area contributed by atoms with Gasteiger partial charge in [-0.25, -0.2) is 0 Å². The number of hydrogen-bond donors (Lipinski definition) is 2. The summed E-state index contributed by atoms with van der Waals surface area (Å²) in [5, 5.41) is 12.2. The van der Waals surface area contributed by atoms with Crippen LogP contribution in [0.25, 0.3) is 0 Å². The van der Waals surface area contributed by atoms with Crippen LogP contribution in [0, 0.1) is 11.8 Å². The van der Waals surface area contributed by atoms with Crippen molar-refractivity contribution >= 4 is 11.9 Å². The molecule has 2 aliphatic rings. The molecular weight excluding hydrogens is 220 g/mol. The number of carboxylic acids is 1. The minimum Gasteiger partial charge on any atom is -0.481 e. The van der Waals surface area contributed by atoms with Crippen molar-refractivity contribution in [1.29, 1.82) is 0 Å². The Kier molecular flexibility index (Phi) is 3.99. The highest BCUT2D eigenvalue weighted by Gasteiger charge is 2.32. The van der Waals surface area contributed by atoms with Gasteiger partial charge in [0.2, 0.25) is 5.91 Å². The first-order chi connectivity index (χ1) is 8.18. The molecule has 0 radical (unpaired) electrons. The molecule has 0 aromatic rings. The normalized spacial score (nSPS) is 30.0. The van der Waals surface area contributed by atoms with E-state index in [1.165, 1.54) is 0 Å². The summed E-state index contributed by atoms with van der Waals surface area (Å²) in [6.45, 7) is 2.85. The highest BCUT2D eigenvalue weighted by Crippen LogP contribution is 2.20. The standard InChI is InChI=1S/C12H20N2O3/c15-11(9-3-1-5-13-7-9)14-6-2-4-10(8-14)12(16)17/h9-10,13H,1-8H2,(H,16,17)/t9?,10-/m0/s1. The summed E-state index contributed by atoms with van der Waals surface area (Å²) >= 11 is 0. The highest BCUT2D eigenvalue weighted by atomic mass is 16.4. The summed E-state index contributed by atoms with van der Waals surface area (Å²) in [6.07, 6.45) is 3.47. The molecule has 2 rings (SSSR count). The van der Waals surface area contributed by atoms with Crippen molar-refractivity contribution in [2.75, 3.05) is 26.2 Å². The lowest BCUT2D eigenvalue weighted by atomic mass is 9.94. The van der Waals surface area contributed by atoms with Gasteiger partial charge < -0.3 is 15.3 Å². The molecule has 2 atom stereocenters. The number of amides is 1. The maximum atomic E-state index is 12.2. The second kappa shape index (κ2) is 5.49. The van der Waals surface area contributed by atoms with Crippen LogP contribution in [0.15, 0.2) is 0 Å². The minimum atomic E-state index is -0.774. The van der Waals surface area contributed by atoms with Crippen molar-refractivity contribution in [3.05, 3.63) is 0 Å². The molecule has 2 saturated heterocycles. The van der Waals surface area contributed by atoms with Gasteiger partial charge in [-0.2, -0.15) is 0 Å². The molecule has 2 N–H and O–H groups in total. The second-order valence-corrected chi connectivity index (χ2v) is 5.00. The van der Waals surface area contributed by atoms with Crippen LogP contribution in [0.3, 0.4) is 0 Å². The SMILES string of the molecule is O=C(O)[C@H]1CCCN(C(=O)C2CCCNC2)C1. The average Bonchev–Trinajstić information content (AvgIpc) is 2.39. The first kappa shape index (κ1) is 12.4. The minimum absolute atomic E-state index is 0.0521. The van der Waals surface area contributed by atoms with E-state index in [9.17, 15) is 9.59 Å². The third-order valence-electron chi connectivity index (χ3n) is 3.73. The average molecular weight is 240 g/mol. The predicted octanol–water partition coefficient (Wildman–Crippen LogP) is 0.309. The third kappa shape index (κ3) is 2.97. The molecule has 96 valence electrons. The van der Waals surface area contributed by atoms with Gasteiger partial charge >= 0.3 is 5.97 Å². The van der Waals surface area contributed by atoms with Crippen molar-refractivity contribution in [2.45, 2.75) is 25.7 Å². The molecule has 1 amide bonds. The number of rotatable bonds is 2. The largest absolute Gasteiger partial charge is 0.481 e. The van der Waals surface area contributed by atoms with Gasteiger partial charge in [0.15, 0.2) is 0 Å². The van der Waals surface area contributed by atoms with E-state index in [1.54, 1.807) is 4.90 Å². The van der Waals surface area contributed by atoms with Crippen molar-refractivity contribution in [3.8, 4) is 0 Å². The van der Waals surface area contributed by atoms with Crippen LogP contribution in [0.5, 0.6) is 0 Å². The molecule has 0 spiro atoms. The second-order valence-electron chi connectivity index (χ2n) is 5.00. The molecule has 2 aliphatic heterocycles. The number of carboxylic acid groups (broad SMARTS) is 1. The highest BCUT2D eigenvalue weighted by molar-refractivity contribution is 5.80. The van der Waals surface area contributed by atoms with Gasteiger partial charge in [0.05, 0.1) is 11.8 Å². The smallest absolute Gasteiger partial charge is 0.308 e. The maximum absolute atomic E-state index is 12.2. The molecule has 0 aromatic carbocycles. The van der Waals surface area contributed by atoms with Gasteiger partial charge in [-0.15, -0.1) is 0 Å². The topological polar surface area (TPSA) is 69.6 Å². The predicted molar refractivity (Wildman–Crippen MR) is 62.5 cm³/mol. The Morgan fingerprint density at radius 2 is 1.94 bits per heavy atom. The molecule has 5 nitrogen and oxygen atoms in total. The fourth-order valence-electron chi connectivity index (χ4n) is 2.70. The van der Waals surface area contributed by atoms with E-state index in [1.807, 2.05) is 0 Å². The number of carbonyl (C=O) groups is 2. The van der Waals surface area contributed by atoms with Crippen molar-refractivity contribution in [3.63, 3.8) is 0 Å². The van der Waals surface area contributed by atoms with Crippen LogP contribution in [0.4, 0.5) is 0 Å². The Labute approximate surface area is 101 Å². The summed E-state index contributed by atoms with van der Waals surface area (Å²) in [6, 6.07) is 0. The Morgan fingerprint density at radius 1 is 1.18 bits per heavy atom. The van der Waals surface area contributed by atoms with Crippen LogP contribution < -0.4 is 5.32 Å². The van der Waals surface area contributed by atoms with Crippen LogP contribution in [0.2, 0.25) is 0 Å². The number of carbonyl (C=O) groups excluding carboxylic acids is 1. The summed E-state index contributed by atoms with van der Waals surface area (Å²) in [4.78, 5) is 24.9. The van der Waals surface area contributed by atoms with Gasteiger partial charge in [-0.05, 0) is 32.2 Å². The number of aliphatic carboxylic acids is 1. The Balaban J connectivity index is 1.91. The molecule has 0 aliphatic carbocycles. The molecule has 0 bridgehead atoms. The maximum Gasteiger partial charge on any atom is 0.308 e. The number of nitrogens with one attached hydrogen (secondary N) is 1. The summed E-state index contributed by atoms with van der Waals surface area (Å²) in [7, 11) is 0. The van der Waals surface area contributed by atoms with E-state index in [4.69, 9.17) is 5.11 Å². The van der Waals surface area contributed by atoms with E-state index < -0.39 is 5.97 Å². The zero-order valence-corrected chi connectivity index (χ0v) is 10.0. The Hall–Kier alpha value is -1.10. The Morgan fingerprint density at radius 3 is 2.59 bits per heavy atom. The van der Waals surface area contributed by atoms with E-state index >= 15 is 0 Å². The quantitative estimate of drug-likeness (QED) is 0.729. The fourth-order valence-corrected chi connectivity index (χ4v) is 2.70. The first-order valence-corrected chi connectivity index (χ1v) is 6.41. The van der Waals surface area contributed by atoms with Crippen molar-refractivity contribution in [1.82, 2.24) is 10.2 Å². The van der Waals surface area contributed by atoms with Crippen LogP contribution in [-0.4, -0.2) is 48.1 Å². The molecular formula is C12H20N2O3. The lowest BCUT2D eigenvalue weighted by molar-refractivity contribution is -0.147. The van der Waals surface area contributed by atoms with E-state index in [0.29, 0.717) is 13.0 Å². The zero-order valence-electron chi connectivity index (χ0n) is 10.0. The molecule has 0 saturated carbocycles.